The van der Waals surface area contributed by atoms with Gasteiger partial charge in [-0.05, 0) is 30.5 Å². The van der Waals surface area contributed by atoms with Gasteiger partial charge in [0.2, 0.25) is 0 Å². The summed E-state index contributed by atoms with van der Waals surface area (Å²) in [7, 11) is 0. The van der Waals surface area contributed by atoms with Crippen LogP contribution in [0.4, 0.5) is 5.69 Å². The monoisotopic (exact) mass is 191 g/mol. The fraction of sp³-hybridized carbons (Fsp3) is 0.545. The molecular formula is C11H17N3. The van der Waals surface area contributed by atoms with Crippen molar-refractivity contribution in [3.05, 3.63) is 24.5 Å². The van der Waals surface area contributed by atoms with E-state index in [1.54, 1.807) is 0 Å². The van der Waals surface area contributed by atoms with E-state index < -0.39 is 0 Å². The second kappa shape index (κ2) is 3.58. The maximum Gasteiger partial charge on any atom is 0.0552 e. The van der Waals surface area contributed by atoms with Gasteiger partial charge in [0, 0.05) is 19.3 Å². The van der Waals surface area contributed by atoms with Gasteiger partial charge in [-0.25, -0.2) is 0 Å². The van der Waals surface area contributed by atoms with E-state index >= 15 is 0 Å². The van der Waals surface area contributed by atoms with Crippen LogP contribution in [0, 0.1) is 5.41 Å². The van der Waals surface area contributed by atoms with Gasteiger partial charge in [-0.15, -0.1) is 0 Å². The standard InChI is InChI=1S/C11H17N3/c1-11(8-12)4-6-14(9-11)10-3-2-5-13-7-10/h2-3,5,7H,4,6,8-9,12H2,1H3. The molecule has 76 valence electrons. The molecule has 3 nitrogen and oxygen atoms in total. The van der Waals surface area contributed by atoms with Gasteiger partial charge in [-0.1, -0.05) is 6.92 Å². The highest BCUT2D eigenvalue weighted by Crippen LogP contribution is 2.31. The van der Waals surface area contributed by atoms with E-state index in [2.05, 4.69) is 22.9 Å². The third-order valence-electron chi connectivity index (χ3n) is 3.06. The molecule has 1 aromatic heterocycles. The van der Waals surface area contributed by atoms with Gasteiger partial charge in [-0.2, -0.15) is 0 Å². The Morgan fingerprint density at radius 1 is 1.64 bits per heavy atom. The summed E-state index contributed by atoms with van der Waals surface area (Å²) in [5.74, 6) is 0. The van der Waals surface area contributed by atoms with Gasteiger partial charge in [0.15, 0.2) is 0 Å². The average molecular weight is 191 g/mol. The predicted molar refractivity (Wildman–Crippen MR) is 58.2 cm³/mol. The molecule has 1 atom stereocenters. The normalized spacial score (nSPS) is 26.9. The average Bonchev–Trinajstić information content (AvgIpc) is 2.63. The molecular weight excluding hydrogens is 174 g/mol. The minimum Gasteiger partial charge on any atom is -0.370 e. The molecule has 1 aromatic rings. The number of anilines is 1. The summed E-state index contributed by atoms with van der Waals surface area (Å²) in [6.07, 6.45) is 4.91. The van der Waals surface area contributed by atoms with Crippen molar-refractivity contribution in [2.24, 2.45) is 11.1 Å². The predicted octanol–water partition coefficient (Wildman–Crippen LogP) is 1.26. The molecule has 0 saturated carbocycles. The molecule has 14 heavy (non-hydrogen) atoms. The van der Waals surface area contributed by atoms with Crippen LogP contribution >= 0.6 is 0 Å². The van der Waals surface area contributed by atoms with Crippen LogP contribution < -0.4 is 10.6 Å². The first kappa shape index (κ1) is 9.46. The number of rotatable bonds is 2. The maximum atomic E-state index is 5.77. The number of nitrogens with zero attached hydrogens (tertiary/aromatic N) is 2. The van der Waals surface area contributed by atoms with Gasteiger partial charge < -0.3 is 10.6 Å². The van der Waals surface area contributed by atoms with Gasteiger partial charge in [-0.3, -0.25) is 4.98 Å². The lowest BCUT2D eigenvalue weighted by Crippen LogP contribution is -2.31. The number of nitrogens with two attached hydrogens (primary N) is 1. The van der Waals surface area contributed by atoms with E-state index in [9.17, 15) is 0 Å². The highest BCUT2D eigenvalue weighted by molar-refractivity contribution is 5.45. The van der Waals surface area contributed by atoms with Crippen LogP contribution in [0.25, 0.3) is 0 Å². The largest absolute Gasteiger partial charge is 0.370 e. The van der Waals surface area contributed by atoms with Gasteiger partial charge >= 0.3 is 0 Å². The smallest absolute Gasteiger partial charge is 0.0552 e. The van der Waals surface area contributed by atoms with E-state index in [1.807, 2.05) is 18.5 Å². The van der Waals surface area contributed by atoms with E-state index in [0.717, 1.165) is 19.6 Å². The summed E-state index contributed by atoms with van der Waals surface area (Å²) in [4.78, 5) is 6.49. The van der Waals surface area contributed by atoms with Crippen molar-refractivity contribution in [2.45, 2.75) is 13.3 Å². The Bertz CT molecular complexity index is 299. The minimum absolute atomic E-state index is 0.288. The van der Waals surface area contributed by atoms with Crippen LogP contribution in [0.15, 0.2) is 24.5 Å². The van der Waals surface area contributed by atoms with Crippen molar-refractivity contribution in [1.29, 1.82) is 0 Å². The summed E-state index contributed by atoms with van der Waals surface area (Å²) in [5.41, 5.74) is 7.27. The molecule has 1 fully saturated rings. The first-order chi connectivity index (χ1) is 6.73. The zero-order valence-corrected chi connectivity index (χ0v) is 8.61. The third-order valence-corrected chi connectivity index (χ3v) is 3.06. The Morgan fingerprint density at radius 3 is 3.07 bits per heavy atom. The Labute approximate surface area is 84.9 Å². The molecule has 1 aliphatic rings. The molecule has 1 saturated heterocycles. The lowest BCUT2D eigenvalue weighted by molar-refractivity contribution is 0.383. The highest BCUT2D eigenvalue weighted by Gasteiger charge is 2.32. The molecule has 2 heterocycles. The maximum absolute atomic E-state index is 5.77. The molecule has 0 bridgehead atoms. The zero-order valence-electron chi connectivity index (χ0n) is 8.61. The molecule has 0 aromatic carbocycles. The fourth-order valence-corrected chi connectivity index (χ4v) is 1.95. The second-order valence-electron chi connectivity index (χ2n) is 4.40. The number of pyridine rings is 1. The first-order valence-electron chi connectivity index (χ1n) is 5.09. The molecule has 3 heteroatoms. The summed E-state index contributed by atoms with van der Waals surface area (Å²) >= 11 is 0. The summed E-state index contributed by atoms with van der Waals surface area (Å²) in [5, 5.41) is 0. The van der Waals surface area contributed by atoms with Crippen molar-refractivity contribution < 1.29 is 0 Å². The fourth-order valence-electron chi connectivity index (χ4n) is 1.95. The summed E-state index contributed by atoms with van der Waals surface area (Å²) in [6, 6.07) is 4.09. The Hall–Kier alpha value is -1.09. The topological polar surface area (TPSA) is 42.1 Å². The minimum atomic E-state index is 0.288. The Kier molecular flexibility index (Phi) is 2.42. The number of aromatic nitrogens is 1. The quantitative estimate of drug-likeness (QED) is 0.765. The zero-order chi connectivity index (χ0) is 10.0. The molecule has 0 radical (unpaired) electrons. The lowest BCUT2D eigenvalue weighted by Gasteiger charge is -2.23. The van der Waals surface area contributed by atoms with Crippen LogP contribution in [-0.2, 0) is 0 Å². The Morgan fingerprint density at radius 2 is 2.50 bits per heavy atom. The van der Waals surface area contributed by atoms with Crippen molar-refractivity contribution in [1.82, 2.24) is 4.98 Å². The van der Waals surface area contributed by atoms with Crippen LogP contribution in [0.3, 0.4) is 0 Å². The van der Waals surface area contributed by atoms with Crippen molar-refractivity contribution in [3.63, 3.8) is 0 Å². The third kappa shape index (κ3) is 1.73. The molecule has 0 spiro atoms. The number of hydrogen-bond acceptors (Lipinski definition) is 3. The molecule has 2 N–H and O–H groups in total. The lowest BCUT2D eigenvalue weighted by atomic mass is 9.90. The summed E-state index contributed by atoms with van der Waals surface area (Å²) < 4.78 is 0. The van der Waals surface area contributed by atoms with Crippen molar-refractivity contribution >= 4 is 5.69 Å². The van der Waals surface area contributed by atoms with Crippen LogP contribution in [0.5, 0.6) is 0 Å². The molecule has 1 aliphatic heterocycles. The van der Waals surface area contributed by atoms with E-state index in [-0.39, 0.29) is 5.41 Å². The number of hydrogen-bond donors (Lipinski definition) is 1. The van der Waals surface area contributed by atoms with Gasteiger partial charge in [0.1, 0.15) is 0 Å². The molecule has 0 aliphatic carbocycles. The summed E-state index contributed by atoms with van der Waals surface area (Å²) in [6.45, 7) is 5.17. The molecule has 0 amide bonds. The van der Waals surface area contributed by atoms with Gasteiger partial charge in [0.05, 0.1) is 11.9 Å². The van der Waals surface area contributed by atoms with Crippen molar-refractivity contribution in [3.8, 4) is 0 Å². The highest BCUT2D eigenvalue weighted by atomic mass is 15.2. The second-order valence-corrected chi connectivity index (χ2v) is 4.40. The van der Waals surface area contributed by atoms with E-state index in [4.69, 9.17) is 5.73 Å². The van der Waals surface area contributed by atoms with E-state index in [0.29, 0.717) is 0 Å². The first-order valence-corrected chi connectivity index (χ1v) is 5.09. The van der Waals surface area contributed by atoms with Crippen molar-refractivity contribution in [2.75, 3.05) is 24.5 Å². The van der Waals surface area contributed by atoms with Crippen LogP contribution in [0.2, 0.25) is 0 Å². The van der Waals surface area contributed by atoms with E-state index in [1.165, 1.54) is 12.1 Å². The molecule has 1 unspecified atom stereocenters. The van der Waals surface area contributed by atoms with Crippen LogP contribution in [0.1, 0.15) is 13.3 Å². The van der Waals surface area contributed by atoms with Gasteiger partial charge in [0.25, 0.3) is 0 Å². The SMILES string of the molecule is CC1(CN)CCN(c2cccnc2)C1. The Balaban J connectivity index is 2.10. The van der Waals surface area contributed by atoms with Crippen LogP contribution in [-0.4, -0.2) is 24.6 Å². The molecule has 2 rings (SSSR count).